The number of rotatable bonds is 4. The van der Waals surface area contributed by atoms with E-state index in [4.69, 9.17) is 0 Å². The summed E-state index contributed by atoms with van der Waals surface area (Å²) in [7, 11) is 0. The summed E-state index contributed by atoms with van der Waals surface area (Å²) in [5.41, 5.74) is 4.62. The fraction of sp³-hybridized carbons (Fsp3) is 0.320. The maximum atomic E-state index is 14.0. The first-order valence-corrected chi connectivity index (χ1v) is 10.6. The van der Waals surface area contributed by atoms with Gasteiger partial charge in [0.15, 0.2) is 0 Å². The van der Waals surface area contributed by atoms with Crippen LogP contribution >= 0.6 is 0 Å². The Morgan fingerprint density at radius 2 is 1.93 bits per heavy atom. The van der Waals surface area contributed by atoms with Gasteiger partial charge in [-0.15, -0.1) is 0 Å². The third-order valence-corrected chi connectivity index (χ3v) is 6.59. The van der Waals surface area contributed by atoms with Gasteiger partial charge in [-0.1, -0.05) is 36.4 Å². The predicted octanol–water partition coefficient (Wildman–Crippen LogP) is 4.72. The number of H-pyrrole nitrogens is 1. The molecule has 1 aromatic heterocycles. The van der Waals surface area contributed by atoms with Crippen LogP contribution in [0.1, 0.15) is 31.4 Å². The number of benzene rings is 2. The Labute approximate surface area is 176 Å². The molecule has 2 aromatic carbocycles. The predicted molar refractivity (Wildman–Crippen MR) is 119 cm³/mol. The van der Waals surface area contributed by atoms with E-state index in [2.05, 4.69) is 22.0 Å². The van der Waals surface area contributed by atoms with Gasteiger partial charge in [0.1, 0.15) is 5.82 Å². The van der Waals surface area contributed by atoms with E-state index in [0.29, 0.717) is 12.1 Å². The van der Waals surface area contributed by atoms with Crippen molar-refractivity contribution in [2.45, 2.75) is 25.7 Å². The first kappa shape index (κ1) is 19.1. The summed E-state index contributed by atoms with van der Waals surface area (Å²) >= 11 is 0. The third kappa shape index (κ3) is 2.96. The number of carbonyl (C=O) groups excluding carboxylic acids is 1. The highest BCUT2D eigenvalue weighted by molar-refractivity contribution is 6.07. The molecule has 4 nitrogen and oxygen atoms in total. The number of hydrogen-bond donors (Lipinski definition) is 1. The number of anilines is 1. The molecule has 0 atom stereocenters. The Hall–Kier alpha value is -2.92. The monoisotopic (exact) mass is 403 g/mol. The highest BCUT2D eigenvalue weighted by Crippen LogP contribution is 2.41. The minimum absolute atomic E-state index is 0.178. The number of amides is 1. The molecular weight excluding hydrogens is 377 g/mol. The number of halogens is 1. The second-order valence-corrected chi connectivity index (χ2v) is 8.74. The maximum Gasteiger partial charge on any atom is 0.237 e. The van der Waals surface area contributed by atoms with Crippen molar-refractivity contribution in [1.29, 1.82) is 0 Å². The van der Waals surface area contributed by atoms with E-state index in [1.54, 1.807) is 6.07 Å². The fourth-order valence-corrected chi connectivity index (χ4v) is 4.80. The van der Waals surface area contributed by atoms with Gasteiger partial charge in [0.25, 0.3) is 0 Å². The highest BCUT2D eigenvalue weighted by Gasteiger charge is 2.43. The lowest BCUT2D eigenvalue weighted by Crippen LogP contribution is -2.42. The highest BCUT2D eigenvalue weighted by atomic mass is 19.1. The first-order valence-electron chi connectivity index (χ1n) is 10.6. The standard InChI is InChI=1S/C25H26FN3O/c1-25(2)20-7-3-4-9-22(20)29(24(25)30)15-14-28-12-10-17(11-13-28)19-16-27-23-18(19)6-5-8-21(23)26/h3-10,16,27H,11-15H2,1-2H3. The lowest BCUT2D eigenvalue weighted by atomic mass is 9.86. The Morgan fingerprint density at radius 3 is 2.73 bits per heavy atom. The normalized spacial score (nSPS) is 18.7. The Morgan fingerprint density at radius 1 is 1.10 bits per heavy atom. The van der Waals surface area contributed by atoms with Crippen molar-refractivity contribution in [3.8, 4) is 0 Å². The van der Waals surface area contributed by atoms with E-state index < -0.39 is 5.41 Å². The van der Waals surface area contributed by atoms with Crippen LogP contribution in [-0.2, 0) is 10.2 Å². The Kier molecular flexibility index (Phi) is 4.51. The molecule has 2 aliphatic rings. The van der Waals surface area contributed by atoms with E-state index in [9.17, 15) is 9.18 Å². The lowest BCUT2D eigenvalue weighted by molar-refractivity contribution is -0.122. The van der Waals surface area contributed by atoms with Crippen molar-refractivity contribution in [2.75, 3.05) is 31.1 Å². The van der Waals surface area contributed by atoms with Gasteiger partial charge in [-0.2, -0.15) is 0 Å². The minimum atomic E-state index is -0.462. The van der Waals surface area contributed by atoms with Crippen LogP contribution in [0.5, 0.6) is 0 Å². The summed E-state index contributed by atoms with van der Waals surface area (Å²) in [4.78, 5) is 20.4. The number of aromatic amines is 1. The van der Waals surface area contributed by atoms with Gasteiger partial charge >= 0.3 is 0 Å². The molecule has 2 aliphatic heterocycles. The van der Waals surface area contributed by atoms with Crippen LogP contribution in [0.15, 0.2) is 54.7 Å². The van der Waals surface area contributed by atoms with Gasteiger partial charge < -0.3 is 9.88 Å². The molecule has 0 saturated heterocycles. The van der Waals surface area contributed by atoms with E-state index in [-0.39, 0.29) is 11.7 Å². The molecule has 0 radical (unpaired) electrons. The van der Waals surface area contributed by atoms with Gasteiger partial charge in [0.05, 0.1) is 10.9 Å². The number of nitrogens with one attached hydrogen (secondary N) is 1. The molecule has 0 saturated carbocycles. The first-order chi connectivity index (χ1) is 14.5. The molecule has 30 heavy (non-hydrogen) atoms. The number of fused-ring (bicyclic) bond motifs is 2. The smallest absolute Gasteiger partial charge is 0.237 e. The average Bonchev–Trinajstić information content (AvgIpc) is 3.27. The fourth-order valence-electron chi connectivity index (χ4n) is 4.80. The third-order valence-electron chi connectivity index (χ3n) is 6.59. The van der Waals surface area contributed by atoms with Crippen molar-refractivity contribution in [1.82, 2.24) is 9.88 Å². The summed E-state index contributed by atoms with van der Waals surface area (Å²) in [5.74, 6) is -0.0342. The summed E-state index contributed by atoms with van der Waals surface area (Å²) in [6, 6.07) is 13.3. The van der Waals surface area contributed by atoms with Crippen molar-refractivity contribution in [3.63, 3.8) is 0 Å². The SMILES string of the molecule is CC1(C)C(=O)N(CCN2CC=C(c3c[nH]c4c(F)cccc34)CC2)c2ccccc21. The zero-order chi connectivity index (χ0) is 20.9. The number of nitrogens with zero attached hydrogens (tertiary/aromatic N) is 2. The van der Waals surface area contributed by atoms with E-state index in [0.717, 1.165) is 48.3 Å². The number of hydrogen-bond acceptors (Lipinski definition) is 2. The van der Waals surface area contributed by atoms with Crippen LogP contribution < -0.4 is 4.90 Å². The van der Waals surface area contributed by atoms with Crippen LogP contribution in [0.3, 0.4) is 0 Å². The van der Waals surface area contributed by atoms with Gasteiger partial charge in [0, 0.05) is 49.0 Å². The van der Waals surface area contributed by atoms with Crippen LogP contribution in [-0.4, -0.2) is 42.0 Å². The largest absolute Gasteiger partial charge is 0.358 e. The summed E-state index contributed by atoms with van der Waals surface area (Å²) in [6.45, 7) is 7.32. The molecular formula is C25H26FN3O. The molecule has 154 valence electrons. The van der Waals surface area contributed by atoms with Crippen LogP contribution in [0.25, 0.3) is 16.5 Å². The average molecular weight is 404 g/mol. The molecule has 0 unspecified atom stereocenters. The Balaban J connectivity index is 1.28. The second kappa shape index (κ2) is 7.10. The summed E-state index contributed by atoms with van der Waals surface area (Å²) < 4.78 is 14.0. The maximum absolute atomic E-state index is 14.0. The molecule has 0 spiro atoms. The topological polar surface area (TPSA) is 39.3 Å². The molecule has 1 N–H and O–H groups in total. The second-order valence-electron chi connectivity index (χ2n) is 8.74. The number of aromatic nitrogens is 1. The molecule has 3 aromatic rings. The van der Waals surface area contributed by atoms with E-state index >= 15 is 0 Å². The van der Waals surface area contributed by atoms with Gasteiger partial charge in [-0.25, -0.2) is 4.39 Å². The van der Waals surface area contributed by atoms with Gasteiger partial charge in [-0.05, 0) is 43.5 Å². The quantitative estimate of drug-likeness (QED) is 0.685. The van der Waals surface area contributed by atoms with Crippen molar-refractivity contribution in [3.05, 3.63) is 71.7 Å². The van der Waals surface area contributed by atoms with Crippen LogP contribution in [0.4, 0.5) is 10.1 Å². The summed E-state index contributed by atoms with van der Waals surface area (Å²) in [5, 5.41) is 0.941. The van der Waals surface area contributed by atoms with E-state index in [1.807, 2.05) is 49.2 Å². The molecule has 1 amide bonds. The molecule has 0 aliphatic carbocycles. The van der Waals surface area contributed by atoms with Crippen molar-refractivity contribution >= 4 is 28.1 Å². The van der Waals surface area contributed by atoms with Gasteiger partial charge in [0.2, 0.25) is 5.91 Å². The molecule has 3 heterocycles. The van der Waals surface area contributed by atoms with Crippen molar-refractivity contribution < 1.29 is 9.18 Å². The molecule has 5 heteroatoms. The minimum Gasteiger partial charge on any atom is -0.358 e. The summed E-state index contributed by atoms with van der Waals surface area (Å²) in [6.07, 6.45) is 5.07. The van der Waals surface area contributed by atoms with Crippen molar-refractivity contribution in [2.24, 2.45) is 0 Å². The molecule has 0 bridgehead atoms. The zero-order valence-electron chi connectivity index (χ0n) is 17.4. The van der Waals surface area contributed by atoms with Crippen LogP contribution in [0.2, 0.25) is 0 Å². The zero-order valence-corrected chi connectivity index (χ0v) is 17.4. The lowest BCUT2D eigenvalue weighted by Gasteiger charge is -2.29. The van der Waals surface area contributed by atoms with Crippen LogP contribution in [0, 0.1) is 5.82 Å². The number of carbonyl (C=O) groups is 1. The van der Waals surface area contributed by atoms with Gasteiger partial charge in [-0.3, -0.25) is 9.69 Å². The Bertz CT molecular complexity index is 1160. The molecule has 0 fully saturated rings. The van der Waals surface area contributed by atoms with E-state index in [1.165, 1.54) is 11.6 Å². The number of para-hydroxylation sites is 2. The molecule has 5 rings (SSSR count).